The highest BCUT2D eigenvalue weighted by molar-refractivity contribution is 5.90. The molecule has 1 N–H and O–H groups in total. The number of hydrogen-bond donors (Lipinski definition) is 1. The van der Waals surface area contributed by atoms with Crippen molar-refractivity contribution >= 4 is 11.7 Å². The molecule has 1 atom stereocenters. The first-order chi connectivity index (χ1) is 11.1. The van der Waals surface area contributed by atoms with E-state index in [2.05, 4.69) is 17.4 Å². The quantitative estimate of drug-likeness (QED) is 0.923. The van der Waals surface area contributed by atoms with Crippen LogP contribution in [0.1, 0.15) is 48.4 Å². The molecule has 122 valence electrons. The van der Waals surface area contributed by atoms with Crippen LogP contribution in [0.3, 0.4) is 0 Å². The molecule has 0 saturated carbocycles. The van der Waals surface area contributed by atoms with Gasteiger partial charge in [0.05, 0.1) is 11.7 Å². The largest absolute Gasteiger partial charge is 0.361 e. The summed E-state index contributed by atoms with van der Waals surface area (Å²) in [6.07, 6.45) is 2.75. The number of urea groups is 1. The number of aromatic nitrogens is 1. The maximum absolute atomic E-state index is 12.7. The number of anilines is 1. The molecule has 0 aliphatic carbocycles. The van der Waals surface area contributed by atoms with Crippen molar-refractivity contribution in [1.29, 1.82) is 0 Å². The van der Waals surface area contributed by atoms with Crippen LogP contribution in [0, 0.1) is 13.8 Å². The van der Waals surface area contributed by atoms with Crippen LogP contribution in [0.25, 0.3) is 0 Å². The van der Waals surface area contributed by atoms with E-state index in [9.17, 15) is 4.79 Å². The maximum Gasteiger partial charge on any atom is 0.322 e. The molecule has 2 heterocycles. The van der Waals surface area contributed by atoms with Gasteiger partial charge in [-0.3, -0.25) is 0 Å². The highest BCUT2D eigenvalue weighted by Gasteiger charge is 2.34. The summed E-state index contributed by atoms with van der Waals surface area (Å²) in [6.45, 7) is 6.76. The lowest BCUT2D eigenvalue weighted by atomic mass is 10.0. The van der Waals surface area contributed by atoms with E-state index >= 15 is 0 Å². The molecule has 2 amide bonds. The van der Waals surface area contributed by atoms with Crippen LogP contribution in [0.5, 0.6) is 0 Å². The van der Waals surface area contributed by atoms with Crippen molar-refractivity contribution < 1.29 is 9.32 Å². The summed E-state index contributed by atoms with van der Waals surface area (Å²) in [5, 5.41) is 7.13. The number of carbonyl (C=O) groups excluding carboxylic acids is 1. The number of benzene rings is 1. The Morgan fingerprint density at radius 3 is 2.91 bits per heavy atom. The Balaban J connectivity index is 1.83. The van der Waals surface area contributed by atoms with Crippen molar-refractivity contribution in [1.82, 2.24) is 10.1 Å². The number of likely N-dealkylation sites (tertiary alicyclic amines) is 1. The standard InChI is InChI=1S/C18H23N3O2/c1-4-16-17(13(3)20-23-16)15-10-7-11-21(15)18(22)19-14-9-6-5-8-12(14)2/h5-6,8-9,15H,4,7,10-11H2,1-3H3,(H,19,22). The van der Waals surface area contributed by atoms with Crippen molar-refractivity contribution in [2.75, 3.05) is 11.9 Å². The monoisotopic (exact) mass is 313 g/mol. The molecule has 1 aliphatic heterocycles. The van der Waals surface area contributed by atoms with Gasteiger partial charge in [0.1, 0.15) is 5.76 Å². The molecule has 1 aromatic heterocycles. The molecule has 23 heavy (non-hydrogen) atoms. The van der Waals surface area contributed by atoms with E-state index in [-0.39, 0.29) is 12.1 Å². The summed E-state index contributed by atoms with van der Waals surface area (Å²) in [6, 6.07) is 7.84. The van der Waals surface area contributed by atoms with Crippen molar-refractivity contribution in [2.45, 2.75) is 46.1 Å². The van der Waals surface area contributed by atoms with E-state index in [1.165, 1.54) is 0 Å². The normalized spacial score (nSPS) is 17.5. The summed E-state index contributed by atoms with van der Waals surface area (Å²) in [5.74, 6) is 0.892. The van der Waals surface area contributed by atoms with Gasteiger partial charge in [0, 0.05) is 24.2 Å². The highest BCUT2D eigenvalue weighted by atomic mass is 16.5. The van der Waals surface area contributed by atoms with E-state index in [1.807, 2.05) is 43.0 Å². The number of carbonyl (C=O) groups is 1. The second-order valence-electron chi connectivity index (χ2n) is 6.05. The van der Waals surface area contributed by atoms with E-state index in [0.29, 0.717) is 0 Å². The van der Waals surface area contributed by atoms with Gasteiger partial charge in [-0.25, -0.2) is 4.79 Å². The number of para-hydroxylation sites is 1. The third-order valence-corrected chi connectivity index (χ3v) is 4.54. The Morgan fingerprint density at radius 2 is 2.17 bits per heavy atom. The van der Waals surface area contributed by atoms with Crippen molar-refractivity contribution in [3.8, 4) is 0 Å². The van der Waals surface area contributed by atoms with Crippen LogP contribution < -0.4 is 5.32 Å². The Morgan fingerprint density at radius 1 is 1.39 bits per heavy atom. The van der Waals surface area contributed by atoms with Gasteiger partial charge in [-0.2, -0.15) is 0 Å². The topological polar surface area (TPSA) is 58.4 Å². The number of hydrogen-bond acceptors (Lipinski definition) is 3. The second-order valence-corrected chi connectivity index (χ2v) is 6.05. The molecule has 1 saturated heterocycles. The fourth-order valence-corrected chi connectivity index (χ4v) is 3.32. The molecule has 5 nitrogen and oxygen atoms in total. The van der Waals surface area contributed by atoms with Crippen LogP contribution in [-0.2, 0) is 6.42 Å². The smallest absolute Gasteiger partial charge is 0.322 e. The molecule has 1 aliphatic rings. The van der Waals surface area contributed by atoms with Gasteiger partial charge < -0.3 is 14.7 Å². The predicted molar refractivity (Wildman–Crippen MR) is 89.5 cm³/mol. The summed E-state index contributed by atoms with van der Waals surface area (Å²) < 4.78 is 5.41. The van der Waals surface area contributed by atoms with Gasteiger partial charge in [-0.05, 0) is 38.3 Å². The average molecular weight is 313 g/mol. The number of nitrogens with zero attached hydrogens (tertiary/aromatic N) is 2. The minimum atomic E-state index is -0.0514. The summed E-state index contributed by atoms with van der Waals surface area (Å²) in [5.41, 5.74) is 3.90. The van der Waals surface area contributed by atoms with Crippen molar-refractivity contribution in [2.24, 2.45) is 0 Å². The van der Waals surface area contributed by atoms with Crippen molar-refractivity contribution in [3.63, 3.8) is 0 Å². The zero-order chi connectivity index (χ0) is 16.4. The average Bonchev–Trinajstić information content (AvgIpc) is 3.15. The van der Waals surface area contributed by atoms with Gasteiger partial charge in [0.2, 0.25) is 0 Å². The van der Waals surface area contributed by atoms with Gasteiger partial charge in [-0.15, -0.1) is 0 Å². The molecule has 1 aromatic carbocycles. The number of nitrogens with one attached hydrogen (secondary N) is 1. The molecule has 2 aromatic rings. The molecule has 1 fully saturated rings. The minimum Gasteiger partial charge on any atom is -0.361 e. The molecule has 5 heteroatoms. The van der Waals surface area contributed by atoms with Gasteiger partial charge in [0.15, 0.2) is 0 Å². The first-order valence-electron chi connectivity index (χ1n) is 8.20. The molecule has 3 rings (SSSR count). The van der Waals surface area contributed by atoms with Gasteiger partial charge in [-0.1, -0.05) is 30.3 Å². The lowest BCUT2D eigenvalue weighted by Gasteiger charge is -2.25. The molecule has 0 bridgehead atoms. The zero-order valence-electron chi connectivity index (χ0n) is 13.9. The van der Waals surface area contributed by atoms with Crippen LogP contribution in [0.15, 0.2) is 28.8 Å². The SMILES string of the molecule is CCc1onc(C)c1C1CCCN1C(=O)Nc1ccccc1C. The van der Waals surface area contributed by atoms with Crippen LogP contribution in [0.2, 0.25) is 0 Å². The van der Waals surface area contributed by atoms with E-state index in [1.54, 1.807) is 0 Å². The predicted octanol–water partition coefficient (Wildman–Crippen LogP) is 4.22. The summed E-state index contributed by atoms with van der Waals surface area (Å²) >= 11 is 0. The molecule has 0 radical (unpaired) electrons. The van der Waals surface area contributed by atoms with E-state index < -0.39 is 0 Å². The Hall–Kier alpha value is -2.30. The third kappa shape index (κ3) is 2.96. The van der Waals surface area contributed by atoms with E-state index in [4.69, 9.17) is 4.52 Å². The molecule has 1 unspecified atom stereocenters. The summed E-state index contributed by atoms with van der Waals surface area (Å²) in [4.78, 5) is 14.7. The van der Waals surface area contributed by atoms with E-state index in [0.717, 1.165) is 54.1 Å². The maximum atomic E-state index is 12.7. The number of amides is 2. The minimum absolute atomic E-state index is 0.0514. The van der Waals surface area contributed by atoms with Crippen molar-refractivity contribution in [3.05, 3.63) is 46.8 Å². The molecule has 0 spiro atoms. The lowest BCUT2D eigenvalue weighted by Crippen LogP contribution is -2.35. The number of aryl methyl sites for hydroxylation is 3. The fourth-order valence-electron chi connectivity index (χ4n) is 3.32. The zero-order valence-corrected chi connectivity index (χ0v) is 13.9. The Labute approximate surface area is 136 Å². The number of rotatable bonds is 3. The fraction of sp³-hybridized carbons (Fsp3) is 0.444. The second kappa shape index (κ2) is 6.44. The molecular formula is C18H23N3O2. The van der Waals surface area contributed by atoms with Crippen LogP contribution >= 0.6 is 0 Å². The Bertz CT molecular complexity index is 708. The van der Waals surface area contributed by atoms with Crippen LogP contribution in [0.4, 0.5) is 10.5 Å². The third-order valence-electron chi connectivity index (χ3n) is 4.54. The highest BCUT2D eigenvalue weighted by Crippen LogP contribution is 2.36. The summed E-state index contributed by atoms with van der Waals surface area (Å²) in [7, 11) is 0. The van der Waals surface area contributed by atoms with Crippen LogP contribution in [-0.4, -0.2) is 22.6 Å². The van der Waals surface area contributed by atoms with Gasteiger partial charge >= 0.3 is 6.03 Å². The van der Waals surface area contributed by atoms with Gasteiger partial charge in [0.25, 0.3) is 0 Å². The molecular weight excluding hydrogens is 290 g/mol. The first kappa shape index (κ1) is 15.6. The Kier molecular flexibility index (Phi) is 4.37. The first-order valence-corrected chi connectivity index (χ1v) is 8.20. The lowest BCUT2D eigenvalue weighted by molar-refractivity contribution is 0.206.